The summed E-state index contributed by atoms with van der Waals surface area (Å²) >= 11 is 0. The van der Waals surface area contributed by atoms with Crippen LogP contribution in [0.1, 0.15) is 36.5 Å². The molecule has 0 aliphatic carbocycles. The van der Waals surface area contributed by atoms with Gasteiger partial charge in [0, 0.05) is 13.1 Å². The molecule has 0 aliphatic heterocycles. The molecule has 27 heavy (non-hydrogen) atoms. The fourth-order valence-corrected chi connectivity index (χ4v) is 3.02. The molecule has 7 heteroatoms. The summed E-state index contributed by atoms with van der Waals surface area (Å²) in [7, 11) is -3.71. The van der Waals surface area contributed by atoms with Crippen molar-refractivity contribution in [1.82, 2.24) is 10.6 Å². The van der Waals surface area contributed by atoms with Crippen LogP contribution in [0.3, 0.4) is 0 Å². The molecule has 0 bridgehead atoms. The van der Waals surface area contributed by atoms with Crippen molar-refractivity contribution in [1.29, 1.82) is 0 Å². The van der Waals surface area contributed by atoms with Gasteiger partial charge >= 0.3 is 0 Å². The number of nitrogens with one attached hydrogen (secondary N) is 2. The Balaban J connectivity index is 2.06. The van der Waals surface area contributed by atoms with Gasteiger partial charge in [-0.3, -0.25) is 0 Å². The van der Waals surface area contributed by atoms with Crippen LogP contribution in [0.15, 0.2) is 58.4 Å². The van der Waals surface area contributed by atoms with Crippen LogP contribution in [0.25, 0.3) is 0 Å². The summed E-state index contributed by atoms with van der Waals surface area (Å²) < 4.78 is 23.0. The van der Waals surface area contributed by atoms with E-state index in [0.29, 0.717) is 19.0 Å². The highest BCUT2D eigenvalue weighted by atomic mass is 32.2. The predicted octanol–water partition coefficient (Wildman–Crippen LogP) is 2.68. The molecule has 0 atom stereocenters. The van der Waals surface area contributed by atoms with Gasteiger partial charge in [0.15, 0.2) is 5.96 Å². The molecule has 6 nitrogen and oxygen atoms in total. The van der Waals surface area contributed by atoms with Gasteiger partial charge in [0.2, 0.25) is 10.0 Å². The molecule has 0 unspecified atom stereocenters. The normalized spacial score (nSPS) is 12.0. The summed E-state index contributed by atoms with van der Waals surface area (Å²) in [5.74, 6) is 0.699. The van der Waals surface area contributed by atoms with Gasteiger partial charge < -0.3 is 10.6 Å². The number of primary sulfonamides is 1. The molecule has 0 saturated carbocycles. The number of sulfonamides is 1. The van der Waals surface area contributed by atoms with E-state index in [4.69, 9.17) is 5.14 Å². The first-order valence-corrected chi connectivity index (χ1v) is 10.6. The molecule has 0 saturated heterocycles. The van der Waals surface area contributed by atoms with Crippen LogP contribution < -0.4 is 15.8 Å². The minimum atomic E-state index is -3.71. The number of aliphatic imine (C=N–C) groups is 1. The van der Waals surface area contributed by atoms with Gasteiger partial charge in [-0.2, -0.15) is 0 Å². The van der Waals surface area contributed by atoms with E-state index in [9.17, 15) is 8.42 Å². The van der Waals surface area contributed by atoms with Gasteiger partial charge in [0.1, 0.15) is 0 Å². The minimum absolute atomic E-state index is 0.100. The smallest absolute Gasteiger partial charge is 0.238 e. The maximum Gasteiger partial charge on any atom is 0.238 e. The summed E-state index contributed by atoms with van der Waals surface area (Å²) in [5, 5.41) is 11.8. The Hall–Kier alpha value is -2.38. The number of rotatable bonds is 8. The first-order valence-electron chi connectivity index (χ1n) is 9.08. The van der Waals surface area contributed by atoms with Crippen molar-refractivity contribution in [2.45, 2.75) is 44.7 Å². The van der Waals surface area contributed by atoms with E-state index in [1.165, 1.54) is 17.2 Å². The third-order valence-corrected chi connectivity index (χ3v) is 4.96. The maximum absolute atomic E-state index is 11.5. The summed E-state index contributed by atoms with van der Waals surface area (Å²) in [5.41, 5.74) is 3.18. The van der Waals surface area contributed by atoms with Gasteiger partial charge in [0.25, 0.3) is 0 Å². The average Bonchev–Trinajstić information content (AvgIpc) is 2.64. The zero-order chi connectivity index (χ0) is 19.7. The van der Waals surface area contributed by atoms with Crippen molar-refractivity contribution in [3.8, 4) is 0 Å². The quantitative estimate of drug-likeness (QED) is 0.368. The van der Waals surface area contributed by atoms with Gasteiger partial charge in [-0.15, -0.1) is 0 Å². The Bertz CT molecular complexity index is 862. The standard InChI is InChI=1S/C20H28N4O2S/c1-3-4-12-22-20(23-14-17-10-8-16(2)9-11-17)24-15-18-6-5-7-19(13-18)27(21,25)26/h5-11,13H,3-4,12,14-15H2,1-2H3,(H2,21,25,26)(H2,22,23,24). The number of nitrogens with zero attached hydrogens (tertiary/aromatic N) is 1. The fraction of sp³-hybridized carbons (Fsp3) is 0.350. The van der Waals surface area contributed by atoms with Crippen molar-refractivity contribution in [3.05, 3.63) is 65.2 Å². The molecule has 0 amide bonds. The molecule has 2 aromatic rings. The van der Waals surface area contributed by atoms with E-state index >= 15 is 0 Å². The molecule has 2 aromatic carbocycles. The second kappa shape index (κ2) is 10.1. The van der Waals surface area contributed by atoms with Crippen LogP contribution >= 0.6 is 0 Å². The largest absolute Gasteiger partial charge is 0.356 e. The third kappa shape index (κ3) is 7.40. The number of hydrogen-bond donors (Lipinski definition) is 3. The van der Waals surface area contributed by atoms with E-state index in [1.807, 2.05) is 6.07 Å². The van der Waals surface area contributed by atoms with Gasteiger partial charge in [-0.05, 0) is 36.6 Å². The maximum atomic E-state index is 11.5. The number of guanidine groups is 1. The average molecular weight is 389 g/mol. The van der Waals surface area contributed by atoms with Crippen LogP contribution in [0.2, 0.25) is 0 Å². The third-order valence-electron chi connectivity index (χ3n) is 4.05. The molecule has 4 N–H and O–H groups in total. The molecule has 0 aromatic heterocycles. The van der Waals surface area contributed by atoms with Crippen molar-refractivity contribution < 1.29 is 8.42 Å². The Morgan fingerprint density at radius 2 is 1.81 bits per heavy atom. The Morgan fingerprint density at radius 3 is 2.48 bits per heavy atom. The summed E-state index contributed by atoms with van der Waals surface area (Å²) in [6.45, 7) is 6.05. The molecule has 0 heterocycles. The zero-order valence-corrected chi connectivity index (χ0v) is 16.7. The van der Waals surface area contributed by atoms with Gasteiger partial charge in [0.05, 0.1) is 11.4 Å². The van der Waals surface area contributed by atoms with Crippen LogP contribution in [0, 0.1) is 6.92 Å². The highest BCUT2D eigenvalue weighted by Gasteiger charge is 2.08. The van der Waals surface area contributed by atoms with Crippen LogP contribution in [-0.4, -0.2) is 20.9 Å². The van der Waals surface area contributed by atoms with Crippen molar-refractivity contribution in [2.75, 3.05) is 6.54 Å². The fourth-order valence-electron chi connectivity index (χ4n) is 2.44. The Kier molecular flexibility index (Phi) is 7.82. The van der Waals surface area contributed by atoms with E-state index in [1.54, 1.807) is 12.1 Å². The van der Waals surface area contributed by atoms with Crippen molar-refractivity contribution in [2.24, 2.45) is 10.1 Å². The second-order valence-corrected chi connectivity index (χ2v) is 8.04. The van der Waals surface area contributed by atoms with E-state index in [-0.39, 0.29) is 4.90 Å². The summed E-state index contributed by atoms with van der Waals surface area (Å²) in [6, 6.07) is 14.9. The monoisotopic (exact) mass is 388 g/mol. The molecule has 2 rings (SSSR count). The number of nitrogens with two attached hydrogens (primary N) is 1. The number of benzene rings is 2. The minimum Gasteiger partial charge on any atom is -0.356 e. The lowest BCUT2D eigenvalue weighted by molar-refractivity contribution is 0.597. The lowest BCUT2D eigenvalue weighted by Gasteiger charge is -2.13. The summed E-state index contributed by atoms with van der Waals surface area (Å²) in [4.78, 5) is 4.68. The lowest BCUT2D eigenvalue weighted by atomic mass is 10.1. The topological polar surface area (TPSA) is 96.6 Å². The highest BCUT2D eigenvalue weighted by molar-refractivity contribution is 7.89. The van der Waals surface area contributed by atoms with Gasteiger partial charge in [-0.1, -0.05) is 55.3 Å². The molecule has 0 spiro atoms. The van der Waals surface area contributed by atoms with E-state index in [2.05, 4.69) is 53.7 Å². The molecule has 0 radical (unpaired) electrons. The van der Waals surface area contributed by atoms with E-state index in [0.717, 1.165) is 24.9 Å². The van der Waals surface area contributed by atoms with Crippen LogP contribution in [-0.2, 0) is 23.1 Å². The lowest BCUT2D eigenvalue weighted by Crippen LogP contribution is -2.37. The number of hydrogen-bond acceptors (Lipinski definition) is 3. The van der Waals surface area contributed by atoms with Gasteiger partial charge in [-0.25, -0.2) is 18.5 Å². The zero-order valence-electron chi connectivity index (χ0n) is 15.9. The summed E-state index contributed by atoms with van der Waals surface area (Å²) in [6.07, 6.45) is 2.14. The van der Waals surface area contributed by atoms with Crippen LogP contribution in [0.5, 0.6) is 0 Å². The number of aryl methyl sites for hydroxylation is 1. The predicted molar refractivity (Wildman–Crippen MR) is 110 cm³/mol. The second-order valence-electron chi connectivity index (χ2n) is 6.48. The molecular formula is C20H28N4O2S. The highest BCUT2D eigenvalue weighted by Crippen LogP contribution is 2.10. The molecule has 0 fully saturated rings. The number of unbranched alkanes of at least 4 members (excludes halogenated alkanes) is 1. The SMILES string of the molecule is CCCCNC(=NCc1cccc(S(N)(=O)=O)c1)NCc1ccc(C)cc1. The van der Waals surface area contributed by atoms with E-state index < -0.39 is 10.0 Å². The molecule has 0 aliphatic rings. The van der Waals surface area contributed by atoms with Crippen molar-refractivity contribution >= 4 is 16.0 Å². The first-order chi connectivity index (χ1) is 12.9. The van der Waals surface area contributed by atoms with Crippen LogP contribution in [0.4, 0.5) is 0 Å². The molecule has 146 valence electrons. The van der Waals surface area contributed by atoms with Crippen molar-refractivity contribution in [3.63, 3.8) is 0 Å². The Morgan fingerprint density at radius 1 is 1.07 bits per heavy atom. The Labute approximate surface area is 162 Å². The first kappa shape index (κ1) is 20.9. The molecular weight excluding hydrogens is 360 g/mol.